The lowest BCUT2D eigenvalue weighted by Gasteiger charge is -2.27. The second-order valence-corrected chi connectivity index (χ2v) is 21.8. The lowest BCUT2D eigenvalue weighted by Crippen LogP contribution is -2.28. The third-order valence-corrected chi connectivity index (χ3v) is 12.4. The lowest BCUT2D eigenvalue weighted by atomic mass is 9.82. The van der Waals surface area contributed by atoms with Crippen molar-refractivity contribution < 1.29 is 14.2 Å². The molecule has 14 unspecified atom stereocenters. The molecule has 0 aliphatic carbocycles. The minimum absolute atomic E-state index is 0.170. The Kier molecular flexibility index (Phi) is 34.5. The molecule has 0 aromatic heterocycles. The molecule has 0 aliphatic heterocycles. The van der Waals surface area contributed by atoms with Crippen molar-refractivity contribution in [1.29, 1.82) is 0 Å². The molecule has 0 rings (SSSR count). The summed E-state index contributed by atoms with van der Waals surface area (Å²) in [5.74, 6) is 7.54. The highest BCUT2D eigenvalue weighted by molar-refractivity contribution is 6.20. The van der Waals surface area contributed by atoms with Crippen molar-refractivity contribution in [3.63, 3.8) is 0 Å². The van der Waals surface area contributed by atoms with Gasteiger partial charge in [-0.3, -0.25) is 0 Å². The molecule has 0 bridgehead atoms. The van der Waals surface area contributed by atoms with Crippen LogP contribution in [0.25, 0.3) is 0 Å². The number of rotatable bonds is 38. The van der Waals surface area contributed by atoms with E-state index in [2.05, 4.69) is 96.9 Å². The molecular formula is C50H100Cl2O3. The van der Waals surface area contributed by atoms with Crippen molar-refractivity contribution in [2.75, 3.05) is 13.2 Å². The minimum Gasteiger partial charge on any atom is -0.353 e. The monoisotopic (exact) mass is 819 g/mol. The van der Waals surface area contributed by atoms with Gasteiger partial charge in [0.05, 0.1) is 0 Å². The zero-order valence-electron chi connectivity index (χ0n) is 39.6. The molecule has 332 valence electrons. The first-order chi connectivity index (χ1) is 25.9. The highest BCUT2D eigenvalue weighted by Gasteiger charge is 2.22. The molecular weight excluding hydrogens is 719 g/mol. The van der Waals surface area contributed by atoms with Gasteiger partial charge in [-0.25, -0.2) is 0 Å². The third-order valence-electron chi connectivity index (χ3n) is 12.1. The summed E-state index contributed by atoms with van der Waals surface area (Å²) < 4.78 is 19.5. The van der Waals surface area contributed by atoms with E-state index in [0.717, 1.165) is 137 Å². The summed E-state index contributed by atoms with van der Waals surface area (Å²) in [4.78, 5) is 0. The topological polar surface area (TPSA) is 27.7 Å². The van der Waals surface area contributed by atoms with Crippen LogP contribution in [-0.4, -0.2) is 36.5 Å². The van der Waals surface area contributed by atoms with Gasteiger partial charge in [-0.2, -0.15) is 0 Å². The van der Waals surface area contributed by atoms with Gasteiger partial charge in [0.1, 0.15) is 0 Å². The maximum atomic E-state index is 6.69. The minimum atomic E-state index is -0.170. The SMILES string of the molecule is CCCCOC(CCCC(C)CC(C)CC(C)CC(C)CC(C)CC(C)Cl)OC(CCCC(C)CC(C)CC(C)CC(C)CC(C)CC(C)Cl)OCCCC. The molecule has 0 aromatic carbocycles. The van der Waals surface area contributed by atoms with Crippen LogP contribution in [0.3, 0.4) is 0 Å². The largest absolute Gasteiger partial charge is 0.353 e. The van der Waals surface area contributed by atoms with Gasteiger partial charge >= 0.3 is 0 Å². The van der Waals surface area contributed by atoms with Crippen LogP contribution < -0.4 is 0 Å². The number of unbranched alkanes of at least 4 members (excludes halogenated alkanes) is 2. The average molecular weight is 820 g/mol. The van der Waals surface area contributed by atoms with Crippen LogP contribution in [0.4, 0.5) is 0 Å². The predicted molar refractivity (Wildman–Crippen MR) is 247 cm³/mol. The van der Waals surface area contributed by atoms with E-state index in [1.807, 2.05) is 0 Å². The fourth-order valence-electron chi connectivity index (χ4n) is 10.1. The number of hydrogen-bond donors (Lipinski definition) is 0. The summed E-state index contributed by atoms with van der Waals surface area (Å²) in [5.41, 5.74) is 0. The maximum Gasteiger partial charge on any atom is 0.160 e. The summed E-state index contributed by atoms with van der Waals surface area (Å²) in [7, 11) is 0. The quantitative estimate of drug-likeness (QED) is 0.0353. The van der Waals surface area contributed by atoms with E-state index in [-0.39, 0.29) is 23.3 Å². The Labute approximate surface area is 357 Å². The molecule has 3 nitrogen and oxygen atoms in total. The van der Waals surface area contributed by atoms with Crippen LogP contribution in [0, 0.1) is 59.2 Å². The van der Waals surface area contributed by atoms with Crippen LogP contribution in [0.2, 0.25) is 0 Å². The zero-order valence-corrected chi connectivity index (χ0v) is 41.1. The Balaban J connectivity index is 4.88. The van der Waals surface area contributed by atoms with Crippen molar-refractivity contribution in [3.05, 3.63) is 0 Å². The molecule has 14 atom stereocenters. The van der Waals surface area contributed by atoms with Crippen molar-refractivity contribution in [3.8, 4) is 0 Å². The molecule has 0 saturated heterocycles. The number of ether oxygens (including phenoxy) is 3. The van der Waals surface area contributed by atoms with Crippen LogP contribution >= 0.6 is 23.2 Å². The molecule has 5 heteroatoms. The van der Waals surface area contributed by atoms with Crippen LogP contribution in [-0.2, 0) is 14.2 Å². The van der Waals surface area contributed by atoms with E-state index in [0.29, 0.717) is 0 Å². The van der Waals surface area contributed by atoms with Crippen molar-refractivity contribution >= 4 is 23.2 Å². The molecule has 0 aromatic rings. The highest BCUT2D eigenvalue weighted by atomic mass is 35.5. The fraction of sp³-hybridized carbons (Fsp3) is 1.00. The Morgan fingerprint density at radius 3 is 0.836 bits per heavy atom. The fourth-order valence-corrected chi connectivity index (χ4v) is 10.8. The van der Waals surface area contributed by atoms with Gasteiger partial charge in [0.2, 0.25) is 0 Å². The molecule has 0 saturated carbocycles. The Bertz CT molecular complexity index is 772. The molecule has 0 heterocycles. The summed E-state index contributed by atoms with van der Waals surface area (Å²) in [5, 5.41) is 0.571. The third kappa shape index (κ3) is 33.9. The van der Waals surface area contributed by atoms with Gasteiger partial charge in [0, 0.05) is 24.0 Å². The average Bonchev–Trinajstić information content (AvgIpc) is 3.03. The first-order valence-corrected chi connectivity index (χ1v) is 25.0. The number of alkyl halides is 2. The lowest BCUT2D eigenvalue weighted by molar-refractivity contribution is -0.250. The van der Waals surface area contributed by atoms with Crippen LogP contribution in [0.1, 0.15) is 225 Å². The molecule has 0 radical (unpaired) electrons. The summed E-state index contributed by atoms with van der Waals surface area (Å²) >= 11 is 12.5. The zero-order chi connectivity index (χ0) is 41.8. The van der Waals surface area contributed by atoms with E-state index in [4.69, 9.17) is 37.4 Å². The van der Waals surface area contributed by atoms with Gasteiger partial charge in [0.15, 0.2) is 12.6 Å². The highest BCUT2D eigenvalue weighted by Crippen LogP contribution is 2.31. The maximum absolute atomic E-state index is 6.69. The Morgan fingerprint density at radius 2 is 0.582 bits per heavy atom. The van der Waals surface area contributed by atoms with Gasteiger partial charge in [-0.15, -0.1) is 23.2 Å². The van der Waals surface area contributed by atoms with E-state index in [1.165, 1.54) is 64.2 Å². The second kappa shape index (κ2) is 34.2. The molecule has 0 N–H and O–H groups in total. The summed E-state index contributed by atoms with van der Waals surface area (Å²) in [6.45, 7) is 34.7. The van der Waals surface area contributed by atoms with Gasteiger partial charge in [0.25, 0.3) is 0 Å². The second-order valence-electron chi connectivity index (χ2n) is 20.3. The first-order valence-electron chi connectivity index (χ1n) is 24.1. The van der Waals surface area contributed by atoms with Gasteiger partial charge < -0.3 is 14.2 Å². The number of hydrogen-bond acceptors (Lipinski definition) is 3. The van der Waals surface area contributed by atoms with Crippen LogP contribution in [0.15, 0.2) is 0 Å². The Hall–Kier alpha value is 0.460. The van der Waals surface area contributed by atoms with Gasteiger partial charge in [-0.1, -0.05) is 109 Å². The van der Waals surface area contributed by atoms with Crippen molar-refractivity contribution in [1.82, 2.24) is 0 Å². The van der Waals surface area contributed by atoms with Crippen molar-refractivity contribution in [2.45, 2.75) is 249 Å². The summed E-state index contributed by atoms with van der Waals surface area (Å²) in [6.07, 6.45) is 23.6. The smallest absolute Gasteiger partial charge is 0.160 e. The Morgan fingerprint density at radius 1 is 0.327 bits per heavy atom. The molecule has 0 fully saturated rings. The number of halogens is 2. The van der Waals surface area contributed by atoms with Crippen molar-refractivity contribution in [2.24, 2.45) is 59.2 Å². The van der Waals surface area contributed by atoms with Gasteiger partial charge in [-0.05, 0) is 176 Å². The molecule has 0 spiro atoms. The van der Waals surface area contributed by atoms with E-state index >= 15 is 0 Å². The van der Waals surface area contributed by atoms with E-state index < -0.39 is 0 Å². The van der Waals surface area contributed by atoms with Crippen LogP contribution in [0.5, 0.6) is 0 Å². The molecule has 0 aliphatic rings. The first kappa shape index (κ1) is 55.5. The standard InChI is InChI=1S/C50H100Cl2O3/c1-15-17-25-53-49(23-19-21-37(3)27-39(5)29-41(7)31-43(9)33-45(11)35-47(13)51)55-50(54-26-18-16-2)24-20-22-38(4)28-40(6)30-42(8)32-44(10)34-46(12)36-48(14)52/h37-50H,15-36H2,1-14H3. The predicted octanol–water partition coefficient (Wildman–Crippen LogP) is 17.1. The molecule has 0 amide bonds. The normalized spacial score (nSPS) is 20.1. The van der Waals surface area contributed by atoms with E-state index in [1.54, 1.807) is 0 Å². The van der Waals surface area contributed by atoms with E-state index in [9.17, 15) is 0 Å². The molecule has 55 heavy (non-hydrogen) atoms. The summed E-state index contributed by atoms with van der Waals surface area (Å²) in [6, 6.07) is 0.